The first-order valence-electron chi connectivity index (χ1n) is 10.6. The van der Waals surface area contributed by atoms with Gasteiger partial charge in [0.05, 0.1) is 11.1 Å². The van der Waals surface area contributed by atoms with E-state index in [1.54, 1.807) is 29.2 Å². The van der Waals surface area contributed by atoms with Gasteiger partial charge in [0.1, 0.15) is 5.82 Å². The Morgan fingerprint density at radius 1 is 1.15 bits per heavy atom. The molecule has 0 saturated carbocycles. The lowest BCUT2D eigenvalue weighted by Crippen LogP contribution is -2.40. The number of piperidine rings is 1. The van der Waals surface area contributed by atoms with Crippen LogP contribution in [0.15, 0.2) is 51.8 Å². The van der Waals surface area contributed by atoms with Crippen LogP contribution in [-0.2, 0) is 17.5 Å². The summed E-state index contributed by atoms with van der Waals surface area (Å²) >= 11 is 0. The quantitative estimate of drug-likeness (QED) is 0.467. The summed E-state index contributed by atoms with van der Waals surface area (Å²) in [5, 5.41) is 8.11. The van der Waals surface area contributed by atoms with Gasteiger partial charge in [-0.2, -0.15) is 13.2 Å². The Labute approximate surface area is 185 Å². The molecule has 1 aliphatic heterocycles. The minimum Gasteiger partial charge on any atom is -0.408 e. The number of aryl methyl sites for hydroxylation is 1. The summed E-state index contributed by atoms with van der Waals surface area (Å²) in [6, 6.07) is 9.27. The number of carbonyl (C=O) groups is 1. The van der Waals surface area contributed by atoms with Crippen molar-refractivity contribution >= 4 is 22.7 Å². The second kappa shape index (κ2) is 8.05. The van der Waals surface area contributed by atoms with Crippen molar-refractivity contribution in [3.8, 4) is 0 Å². The Bertz CT molecular complexity index is 1390. The number of oxazole rings is 1. The van der Waals surface area contributed by atoms with Gasteiger partial charge < -0.3 is 9.32 Å². The predicted octanol–water partition coefficient (Wildman–Crippen LogP) is 3.45. The second-order valence-corrected chi connectivity index (χ2v) is 8.12. The SMILES string of the molecule is O=C(CCn1c(=O)oc2ccccc21)N1CCCC(c2nnc3ccc(C(F)(F)F)cn23)C1. The van der Waals surface area contributed by atoms with Crippen molar-refractivity contribution in [3.63, 3.8) is 0 Å². The highest BCUT2D eigenvalue weighted by atomic mass is 19.4. The number of hydrogen-bond donors (Lipinski definition) is 0. The van der Waals surface area contributed by atoms with Crippen LogP contribution < -0.4 is 5.76 Å². The normalized spacial score (nSPS) is 17.2. The van der Waals surface area contributed by atoms with E-state index in [-0.39, 0.29) is 24.8 Å². The fourth-order valence-electron chi connectivity index (χ4n) is 4.36. The van der Waals surface area contributed by atoms with Crippen LogP contribution in [0.2, 0.25) is 0 Å². The number of halogens is 3. The number of likely N-dealkylation sites (tertiary alicyclic amines) is 1. The Kier molecular flexibility index (Phi) is 5.18. The van der Waals surface area contributed by atoms with Crippen LogP contribution in [0.25, 0.3) is 16.7 Å². The molecule has 0 spiro atoms. The van der Waals surface area contributed by atoms with Crippen LogP contribution in [-0.4, -0.2) is 43.1 Å². The predicted molar refractivity (Wildman–Crippen MR) is 112 cm³/mol. The minimum atomic E-state index is -4.47. The number of amides is 1. The van der Waals surface area contributed by atoms with Gasteiger partial charge in [-0.1, -0.05) is 12.1 Å². The molecule has 1 saturated heterocycles. The van der Waals surface area contributed by atoms with E-state index in [1.165, 1.54) is 15.0 Å². The molecule has 4 aromatic rings. The maximum Gasteiger partial charge on any atom is 0.419 e. The van der Waals surface area contributed by atoms with Crippen molar-refractivity contribution in [2.75, 3.05) is 13.1 Å². The molecule has 1 amide bonds. The van der Waals surface area contributed by atoms with Crippen LogP contribution in [0.3, 0.4) is 0 Å². The highest BCUT2D eigenvalue weighted by Gasteiger charge is 2.32. The van der Waals surface area contributed by atoms with E-state index in [2.05, 4.69) is 10.2 Å². The Balaban J connectivity index is 1.32. The first kappa shape index (κ1) is 21.2. The molecule has 0 radical (unpaired) electrons. The van der Waals surface area contributed by atoms with Gasteiger partial charge in [0.15, 0.2) is 11.2 Å². The zero-order valence-corrected chi connectivity index (χ0v) is 17.5. The third-order valence-corrected chi connectivity index (χ3v) is 6.02. The van der Waals surface area contributed by atoms with E-state index >= 15 is 0 Å². The van der Waals surface area contributed by atoms with Gasteiger partial charge in [-0.3, -0.25) is 13.8 Å². The third kappa shape index (κ3) is 3.98. The lowest BCUT2D eigenvalue weighted by molar-refractivity contribution is -0.137. The summed E-state index contributed by atoms with van der Waals surface area (Å²) in [6.07, 6.45) is -1.98. The summed E-state index contributed by atoms with van der Waals surface area (Å²) in [6.45, 7) is 1.05. The fourth-order valence-corrected chi connectivity index (χ4v) is 4.36. The van der Waals surface area contributed by atoms with Gasteiger partial charge in [-0.05, 0) is 37.1 Å². The molecular formula is C22H20F3N5O3. The average Bonchev–Trinajstić information content (AvgIpc) is 3.36. The molecule has 1 atom stereocenters. The van der Waals surface area contributed by atoms with Crippen molar-refractivity contribution in [1.82, 2.24) is 24.1 Å². The molecule has 5 rings (SSSR count). The summed E-state index contributed by atoms with van der Waals surface area (Å²) in [7, 11) is 0. The number of aromatic nitrogens is 4. The maximum absolute atomic E-state index is 13.2. The summed E-state index contributed by atoms with van der Waals surface area (Å²) in [5.41, 5.74) is 0.636. The number of carbonyl (C=O) groups excluding carboxylic acids is 1. The van der Waals surface area contributed by atoms with Gasteiger partial charge in [0, 0.05) is 38.2 Å². The van der Waals surface area contributed by atoms with Gasteiger partial charge in [0.25, 0.3) is 0 Å². The van der Waals surface area contributed by atoms with Crippen LogP contribution >= 0.6 is 0 Å². The van der Waals surface area contributed by atoms with Crippen LogP contribution in [0.5, 0.6) is 0 Å². The van der Waals surface area contributed by atoms with E-state index in [4.69, 9.17) is 4.42 Å². The van der Waals surface area contributed by atoms with E-state index < -0.39 is 17.5 Å². The maximum atomic E-state index is 13.2. The fraction of sp³-hybridized carbons (Fsp3) is 0.364. The highest BCUT2D eigenvalue weighted by Crippen LogP contribution is 2.31. The third-order valence-electron chi connectivity index (χ3n) is 6.02. The van der Waals surface area contributed by atoms with Crippen molar-refractivity contribution in [2.45, 2.75) is 37.9 Å². The smallest absolute Gasteiger partial charge is 0.408 e. The molecule has 33 heavy (non-hydrogen) atoms. The van der Waals surface area contributed by atoms with Gasteiger partial charge in [-0.25, -0.2) is 4.79 Å². The average molecular weight is 459 g/mol. The molecule has 1 aliphatic rings. The standard InChI is InChI=1S/C22H20F3N5O3/c23-22(24,25)15-7-8-18-26-27-20(30(18)13-15)14-4-3-10-28(12-14)19(31)9-11-29-16-5-1-2-6-17(16)33-21(29)32/h1-2,5-8,13-14H,3-4,9-12H2. The Hall–Kier alpha value is -3.63. The molecule has 172 valence electrons. The second-order valence-electron chi connectivity index (χ2n) is 8.12. The molecule has 1 fully saturated rings. The molecule has 0 bridgehead atoms. The first-order valence-corrected chi connectivity index (χ1v) is 10.6. The zero-order chi connectivity index (χ0) is 23.2. The van der Waals surface area contributed by atoms with Crippen molar-refractivity contribution < 1.29 is 22.4 Å². The highest BCUT2D eigenvalue weighted by molar-refractivity contribution is 5.77. The summed E-state index contributed by atoms with van der Waals surface area (Å²) < 4.78 is 47.5. The Morgan fingerprint density at radius 2 is 1.97 bits per heavy atom. The zero-order valence-electron chi connectivity index (χ0n) is 17.5. The van der Waals surface area contributed by atoms with Crippen LogP contribution in [0.4, 0.5) is 13.2 Å². The molecule has 0 N–H and O–H groups in total. The monoisotopic (exact) mass is 459 g/mol. The lowest BCUT2D eigenvalue weighted by atomic mass is 9.97. The molecular weight excluding hydrogens is 439 g/mol. The van der Waals surface area contributed by atoms with E-state index in [0.29, 0.717) is 48.5 Å². The number of fused-ring (bicyclic) bond motifs is 2. The largest absolute Gasteiger partial charge is 0.419 e. The number of para-hydroxylation sites is 2. The molecule has 0 aliphatic carbocycles. The van der Waals surface area contributed by atoms with E-state index in [1.807, 2.05) is 0 Å². The van der Waals surface area contributed by atoms with Crippen LogP contribution in [0, 0.1) is 0 Å². The number of hydrogen-bond acceptors (Lipinski definition) is 5. The van der Waals surface area contributed by atoms with Crippen molar-refractivity contribution in [1.29, 1.82) is 0 Å². The number of benzene rings is 1. The van der Waals surface area contributed by atoms with Crippen LogP contribution in [0.1, 0.15) is 36.6 Å². The molecule has 1 aromatic carbocycles. The number of rotatable bonds is 4. The van der Waals surface area contributed by atoms with Gasteiger partial charge in [0.2, 0.25) is 5.91 Å². The van der Waals surface area contributed by atoms with E-state index in [9.17, 15) is 22.8 Å². The topological polar surface area (TPSA) is 85.6 Å². The minimum absolute atomic E-state index is 0.106. The Morgan fingerprint density at radius 3 is 2.79 bits per heavy atom. The van der Waals surface area contributed by atoms with Crippen molar-refractivity contribution in [3.05, 3.63) is 64.5 Å². The van der Waals surface area contributed by atoms with Gasteiger partial charge in [-0.15, -0.1) is 10.2 Å². The number of nitrogens with zero attached hydrogens (tertiary/aromatic N) is 5. The molecule has 3 aromatic heterocycles. The molecule has 8 nitrogen and oxygen atoms in total. The molecule has 1 unspecified atom stereocenters. The summed E-state index contributed by atoms with van der Waals surface area (Å²) in [5.74, 6) is -0.484. The molecule has 11 heteroatoms. The van der Waals surface area contributed by atoms with Crippen molar-refractivity contribution in [2.24, 2.45) is 0 Å². The summed E-state index contributed by atoms with van der Waals surface area (Å²) in [4.78, 5) is 26.7. The van der Waals surface area contributed by atoms with Gasteiger partial charge >= 0.3 is 11.9 Å². The lowest BCUT2D eigenvalue weighted by Gasteiger charge is -2.32. The first-order chi connectivity index (χ1) is 15.8. The number of alkyl halides is 3. The van der Waals surface area contributed by atoms with E-state index in [0.717, 1.165) is 12.3 Å². The number of pyridine rings is 1. The molecule has 4 heterocycles.